The molecule has 0 aliphatic carbocycles. The number of methoxy groups -OCH3 is 4. The number of carbonyl (C=O) groups excluding carboxylic acids is 1. The van der Waals surface area contributed by atoms with Crippen molar-refractivity contribution in [2.45, 2.75) is 12.3 Å². The van der Waals surface area contributed by atoms with E-state index in [-0.39, 0.29) is 18.2 Å². The average molecular weight is 425 g/mol. The fraction of sp³-hybridized carbons (Fsp3) is 0.318. The Bertz CT molecular complexity index is 1100. The Kier molecular flexibility index (Phi) is 5.66. The molecular weight excluding hydrogens is 402 g/mol. The molecule has 9 heteroatoms. The van der Waals surface area contributed by atoms with Crippen LogP contribution in [0.15, 0.2) is 40.9 Å². The van der Waals surface area contributed by atoms with Gasteiger partial charge in [0.15, 0.2) is 5.82 Å². The molecule has 1 unspecified atom stereocenters. The van der Waals surface area contributed by atoms with E-state index in [1.54, 1.807) is 63.7 Å². The lowest BCUT2D eigenvalue weighted by molar-refractivity contribution is -0.117. The molecule has 1 aromatic heterocycles. The van der Waals surface area contributed by atoms with E-state index >= 15 is 0 Å². The Labute approximate surface area is 179 Å². The summed E-state index contributed by atoms with van der Waals surface area (Å²) in [6, 6.07) is 10.7. The lowest BCUT2D eigenvalue weighted by Crippen LogP contribution is -2.24. The highest BCUT2D eigenvalue weighted by molar-refractivity contribution is 5.97. The van der Waals surface area contributed by atoms with Crippen LogP contribution in [0, 0.1) is 0 Å². The second-order valence-corrected chi connectivity index (χ2v) is 6.97. The van der Waals surface area contributed by atoms with Crippen LogP contribution in [0.3, 0.4) is 0 Å². The largest absolute Gasteiger partial charge is 0.497 e. The van der Waals surface area contributed by atoms with Gasteiger partial charge in [0.1, 0.15) is 23.0 Å². The van der Waals surface area contributed by atoms with Crippen LogP contribution in [0.25, 0.3) is 11.5 Å². The van der Waals surface area contributed by atoms with Gasteiger partial charge in [-0.15, -0.1) is 0 Å². The van der Waals surface area contributed by atoms with Crippen LogP contribution in [-0.2, 0) is 4.79 Å². The Morgan fingerprint density at radius 1 is 0.935 bits per heavy atom. The number of nitrogens with zero attached hydrogens (tertiary/aromatic N) is 3. The van der Waals surface area contributed by atoms with E-state index in [9.17, 15) is 4.79 Å². The molecule has 2 aromatic carbocycles. The molecule has 9 nitrogen and oxygen atoms in total. The van der Waals surface area contributed by atoms with E-state index in [1.165, 1.54) is 0 Å². The highest BCUT2D eigenvalue weighted by atomic mass is 16.5. The third-order valence-electron chi connectivity index (χ3n) is 5.25. The summed E-state index contributed by atoms with van der Waals surface area (Å²) in [5.74, 6) is 2.97. The maximum absolute atomic E-state index is 12.7. The van der Waals surface area contributed by atoms with E-state index in [4.69, 9.17) is 23.5 Å². The minimum absolute atomic E-state index is 0.0400. The van der Waals surface area contributed by atoms with Gasteiger partial charge in [0, 0.05) is 31.0 Å². The molecular formula is C22H23N3O6. The molecule has 1 aliphatic rings. The third-order valence-corrected chi connectivity index (χ3v) is 5.25. The van der Waals surface area contributed by atoms with Gasteiger partial charge >= 0.3 is 0 Å². The smallest absolute Gasteiger partial charge is 0.261 e. The van der Waals surface area contributed by atoms with Crippen molar-refractivity contribution in [2.24, 2.45) is 0 Å². The van der Waals surface area contributed by atoms with Crippen LogP contribution in [-0.4, -0.2) is 51.0 Å². The third kappa shape index (κ3) is 3.86. The van der Waals surface area contributed by atoms with Crippen molar-refractivity contribution in [3.05, 3.63) is 42.2 Å². The first kappa shape index (κ1) is 20.5. The van der Waals surface area contributed by atoms with Crippen molar-refractivity contribution < 1.29 is 28.3 Å². The fourth-order valence-corrected chi connectivity index (χ4v) is 3.61. The van der Waals surface area contributed by atoms with E-state index in [2.05, 4.69) is 10.1 Å². The summed E-state index contributed by atoms with van der Waals surface area (Å²) in [7, 11) is 6.28. The number of carbonyl (C=O) groups is 1. The molecule has 0 saturated carbocycles. The number of ether oxygens (including phenoxy) is 4. The van der Waals surface area contributed by atoms with Crippen LogP contribution in [0.2, 0.25) is 0 Å². The molecule has 4 rings (SSSR count). The predicted molar refractivity (Wildman–Crippen MR) is 112 cm³/mol. The van der Waals surface area contributed by atoms with E-state index in [0.29, 0.717) is 52.5 Å². The molecule has 0 bridgehead atoms. The van der Waals surface area contributed by atoms with Gasteiger partial charge in [0.25, 0.3) is 5.89 Å². The first-order valence-electron chi connectivity index (χ1n) is 9.66. The molecule has 3 aromatic rings. The van der Waals surface area contributed by atoms with Crippen LogP contribution in [0.1, 0.15) is 18.2 Å². The summed E-state index contributed by atoms with van der Waals surface area (Å²) in [5, 5.41) is 4.12. The number of amides is 1. The number of rotatable bonds is 7. The van der Waals surface area contributed by atoms with Gasteiger partial charge in [0.2, 0.25) is 5.91 Å². The van der Waals surface area contributed by atoms with Crippen molar-refractivity contribution in [1.82, 2.24) is 10.1 Å². The molecule has 1 amide bonds. The highest BCUT2D eigenvalue weighted by Crippen LogP contribution is 2.39. The number of hydrogen-bond acceptors (Lipinski definition) is 8. The second-order valence-electron chi connectivity index (χ2n) is 6.97. The normalized spacial score (nSPS) is 15.8. The van der Waals surface area contributed by atoms with Crippen LogP contribution < -0.4 is 23.8 Å². The summed E-state index contributed by atoms with van der Waals surface area (Å²) in [6.45, 7) is 0.417. The maximum atomic E-state index is 12.7. The molecule has 0 spiro atoms. The van der Waals surface area contributed by atoms with E-state index in [1.807, 2.05) is 6.07 Å². The zero-order valence-electron chi connectivity index (χ0n) is 17.7. The summed E-state index contributed by atoms with van der Waals surface area (Å²) in [5.41, 5.74) is 1.33. The molecule has 1 aliphatic heterocycles. The standard InChI is InChI=1S/C22H23N3O6/c1-27-14-5-7-16(18(10-14)29-3)22-23-21(24-31-22)13-9-20(26)25(12-13)17-8-6-15(28-2)11-19(17)30-4/h5-8,10-11,13H,9,12H2,1-4H3. The van der Waals surface area contributed by atoms with Gasteiger partial charge in [-0.25, -0.2) is 0 Å². The summed E-state index contributed by atoms with van der Waals surface area (Å²) in [6.07, 6.45) is 0.272. The zero-order chi connectivity index (χ0) is 22.0. The molecule has 162 valence electrons. The molecule has 1 atom stereocenters. The van der Waals surface area contributed by atoms with Crippen molar-refractivity contribution in [2.75, 3.05) is 39.9 Å². The summed E-state index contributed by atoms with van der Waals surface area (Å²) < 4.78 is 26.8. The van der Waals surface area contributed by atoms with Gasteiger partial charge in [0.05, 0.1) is 39.7 Å². The van der Waals surface area contributed by atoms with Crippen LogP contribution in [0.4, 0.5) is 5.69 Å². The lowest BCUT2D eigenvalue weighted by atomic mass is 10.1. The van der Waals surface area contributed by atoms with E-state index < -0.39 is 0 Å². The van der Waals surface area contributed by atoms with Gasteiger partial charge in [-0.05, 0) is 24.3 Å². The molecule has 31 heavy (non-hydrogen) atoms. The van der Waals surface area contributed by atoms with Crippen LogP contribution >= 0.6 is 0 Å². The zero-order valence-corrected chi connectivity index (χ0v) is 17.7. The Morgan fingerprint density at radius 3 is 2.29 bits per heavy atom. The number of anilines is 1. The minimum Gasteiger partial charge on any atom is -0.497 e. The Morgan fingerprint density at radius 2 is 1.61 bits per heavy atom. The van der Waals surface area contributed by atoms with Gasteiger partial charge in [-0.2, -0.15) is 4.98 Å². The molecule has 2 heterocycles. The van der Waals surface area contributed by atoms with Crippen molar-refractivity contribution >= 4 is 11.6 Å². The lowest BCUT2D eigenvalue weighted by Gasteiger charge is -2.19. The van der Waals surface area contributed by atoms with Crippen molar-refractivity contribution in [3.8, 4) is 34.5 Å². The fourth-order valence-electron chi connectivity index (χ4n) is 3.61. The SMILES string of the molecule is COc1ccc(-c2nc(C3CC(=O)N(c4ccc(OC)cc4OC)C3)no2)c(OC)c1. The van der Waals surface area contributed by atoms with Gasteiger partial charge in [-0.3, -0.25) is 4.79 Å². The Balaban J connectivity index is 1.58. The monoisotopic (exact) mass is 425 g/mol. The quantitative estimate of drug-likeness (QED) is 0.569. The van der Waals surface area contributed by atoms with Crippen molar-refractivity contribution in [3.63, 3.8) is 0 Å². The van der Waals surface area contributed by atoms with Gasteiger partial charge in [-0.1, -0.05) is 5.16 Å². The van der Waals surface area contributed by atoms with E-state index in [0.717, 1.165) is 0 Å². The Hall–Kier alpha value is -3.75. The first-order valence-corrected chi connectivity index (χ1v) is 9.66. The molecule has 1 saturated heterocycles. The second kappa shape index (κ2) is 8.55. The molecule has 0 radical (unpaired) electrons. The number of aromatic nitrogens is 2. The summed E-state index contributed by atoms with van der Waals surface area (Å²) in [4.78, 5) is 19.0. The van der Waals surface area contributed by atoms with Crippen molar-refractivity contribution in [1.29, 1.82) is 0 Å². The van der Waals surface area contributed by atoms with Gasteiger partial charge < -0.3 is 28.4 Å². The highest BCUT2D eigenvalue weighted by Gasteiger charge is 2.36. The molecule has 0 N–H and O–H groups in total. The minimum atomic E-state index is -0.207. The first-order chi connectivity index (χ1) is 15.1. The maximum Gasteiger partial charge on any atom is 0.261 e. The number of hydrogen-bond donors (Lipinski definition) is 0. The number of benzene rings is 2. The topological polar surface area (TPSA) is 96.2 Å². The summed E-state index contributed by atoms with van der Waals surface area (Å²) >= 11 is 0. The average Bonchev–Trinajstić information content (AvgIpc) is 3.45. The molecule has 1 fully saturated rings. The predicted octanol–water partition coefficient (Wildman–Crippen LogP) is 3.29. The van der Waals surface area contributed by atoms with Crippen LogP contribution in [0.5, 0.6) is 23.0 Å².